The van der Waals surface area contributed by atoms with Gasteiger partial charge in [0.1, 0.15) is 11.5 Å². The van der Waals surface area contributed by atoms with Crippen LogP contribution >= 0.6 is 0 Å². The summed E-state index contributed by atoms with van der Waals surface area (Å²) in [5.41, 5.74) is 4.22. The Morgan fingerprint density at radius 2 is 1.88 bits per heavy atom. The predicted octanol–water partition coefficient (Wildman–Crippen LogP) is 5.83. The van der Waals surface area contributed by atoms with Crippen LogP contribution < -0.4 is 4.74 Å². The third-order valence-electron chi connectivity index (χ3n) is 6.43. The lowest BCUT2D eigenvalue weighted by Gasteiger charge is -2.25. The summed E-state index contributed by atoms with van der Waals surface area (Å²) in [6.07, 6.45) is 0.700. The van der Waals surface area contributed by atoms with Crippen molar-refractivity contribution < 1.29 is 19.4 Å². The van der Waals surface area contributed by atoms with Gasteiger partial charge in [0.05, 0.1) is 18.2 Å². The van der Waals surface area contributed by atoms with Gasteiger partial charge in [-0.3, -0.25) is 9.59 Å². The molecule has 2 heterocycles. The highest BCUT2D eigenvalue weighted by molar-refractivity contribution is 6.46. The van der Waals surface area contributed by atoms with E-state index in [-0.39, 0.29) is 17.3 Å². The number of ketones is 1. The minimum atomic E-state index is -0.662. The second kappa shape index (κ2) is 9.37. The van der Waals surface area contributed by atoms with Crippen LogP contribution in [0.15, 0.2) is 48.0 Å². The minimum absolute atomic E-state index is 0.130. The van der Waals surface area contributed by atoms with Crippen LogP contribution in [0.3, 0.4) is 0 Å². The van der Waals surface area contributed by atoms with Crippen molar-refractivity contribution in [3.8, 4) is 5.75 Å². The molecule has 1 aliphatic rings. The summed E-state index contributed by atoms with van der Waals surface area (Å²) in [7, 11) is 0. The minimum Gasteiger partial charge on any atom is -0.507 e. The molecule has 1 unspecified atom stereocenters. The van der Waals surface area contributed by atoms with Crippen LogP contribution in [0.1, 0.15) is 68.5 Å². The molecule has 178 valence electrons. The number of amides is 1. The van der Waals surface area contributed by atoms with Crippen molar-refractivity contribution in [2.45, 2.75) is 53.0 Å². The van der Waals surface area contributed by atoms with Gasteiger partial charge in [-0.25, -0.2) is 0 Å². The maximum Gasteiger partial charge on any atom is 0.295 e. The Hall–Kier alpha value is -3.54. The summed E-state index contributed by atoms with van der Waals surface area (Å²) in [5.74, 6) is -0.474. The van der Waals surface area contributed by atoms with E-state index in [2.05, 4.69) is 18.8 Å². The molecular formula is C28H32N2O4. The SMILES string of the molecule is CCCN1C(=O)C(=O)/C(=C(/O)c2ccc(OCC)c(C(C)C)c2)C1c1c(C)[nH]c2ccccc12. The first-order chi connectivity index (χ1) is 16.3. The van der Waals surface area contributed by atoms with Crippen molar-refractivity contribution >= 4 is 28.4 Å². The van der Waals surface area contributed by atoms with E-state index in [0.717, 1.165) is 33.5 Å². The van der Waals surface area contributed by atoms with Crippen molar-refractivity contribution in [2.75, 3.05) is 13.2 Å². The highest BCUT2D eigenvalue weighted by Gasteiger charge is 2.47. The first kappa shape index (κ1) is 23.6. The van der Waals surface area contributed by atoms with E-state index >= 15 is 0 Å². The number of carbonyl (C=O) groups excluding carboxylic acids is 2. The Bertz CT molecular complexity index is 1280. The van der Waals surface area contributed by atoms with Crippen LogP contribution in [0.5, 0.6) is 5.75 Å². The van der Waals surface area contributed by atoms with E-state index in [0.29, 0.717) is 25.1 Å². The number of carbonyl (C=O) groups is 2. The number of H-pyrrole nitrogens is 1. The van der Waals surface area contributed by atoms with Crippen molar-refractivity contribution in [1.29, 1.82) is 0 Å². The van der Waals surface area contributed by atoms with Gasteiger partial charge in [-0.05, 0) is 56.0 Å². The van der Waals surface area contributed by atoms with Crippen LogP contribution in [0.4, 0.5) is 0 Å². The molecule has 3 aromatic rings. The number of hydrogen-bond acceptors (Lipinski definition) is 4. The molecule has 1 atom stereocenters. The summed E-state index contributed by atoms with van der Waals surface area (Å²) in [6, 6.07) is 12.6. The van der Waals surface area contributed by atoms with E-state index in [1.165, 1.54) is 0 Å². The molecule has 6 nitrogen and oxygen atoms in total. The van der Waals surface area contributed by atoms with Crippen LogP contribution in [0.2, 0.25) is 0 Å². The molecule has 1 amide bonds. The molecule has 6 heteroatoms. The normalized spacial score (nSPS) is 17.8. The molecule has 1 aliphatic heterocycles. The van der Waals surface area contributed by atoms with Gasteiger partial charge in [-0.2, -0.15) is 0 Å². The molecule has 1 fully saturated rings. The van der Waals surface area contributed by atoms with Gasteiger partial charge in [-0.1, -0.05) is 39.0 Å². The number of aromatic nitrogens is 1. The molecule has 2 aromatic carbocycles. The van der Waals surface area contributed by atoms with Gasteiger partial charge in [-0.15, -0.1) is 0 Å². The smallest absolute Gasteiger partial charge is 0.295 e. The monoisotopic (exact) mass is 460 g/mol. The number of likely N-dealkylation sites (tertiary alicyclic amines) is 1. The Morgan fingerprint density at radius 3 is 2.56 bits per heavy atom. The highest BCUT2D eigenvalue weighted by atomic mass is 16.5. The average Bonchev–Trinajstić information content (AvgIpc) is 3.27. The third kappa shape index (κ3) is 3.87. The van der Waals surface area contributed by atoms with E-state index < -0.39 is 17.7 Å². The zero-order valence-corrected chi connectivity index (χ0v) is 20.4. The number of Topliss-reactive ketones (excluding diaryl/α,β-unsaturated/α-hetero) is 1. The lowest BCUT2D eigenvalue weighted by Crippen LogP contribution is -2.30. The van der Waals surface area contributed by atoms with Crippen molar-refractivity contribution in [1.82, 2.24) is 9.88 Å². The molecule has 4 rings (SSSR count). The Kier molecular flexibility index (Phi) is 6.51. The number of nitrogens with one attached hydrogen (secondary N) is 1. The summed E-state index contributed by atoms with van der Waals surface area (Å²) < 4.78 is 5.76. The number of rotatable bonds is 7. The molecule has 34 heavy (non-hydrogen) atoms. The summed E-state index contributed by atoms with van der Waals surface area (Å²) in [6.45, 7) is 10.9. The van der Waals surface area contributed by atoms with Gasteiger partial charge >= 0.3 is 0 Å². The fourth-order valence-electron chi connectivity index (χ4n) is 4.89. The van der Waals surface area contributed by atoms with Crippen molar-refractivity contribution in [3.05, 3.63) is 70.4 Å². The number of aliphatic hydroxyl groups excluding tert-OH is 1. The largest absolute Gasteiger partial charge is 0.507 e. The van der Waals surface area contributed by atoms with Gasteiger partial charge in [0, 0.05) is 34.3 Å². The lowest BCUT2D eigenvalue weighted by atomic mass is 9.92. The zero-order valence-electron chi connectivity index (χ0n) is 20.4. The Morgan fingerprint density at radius 1 is 1.15 bits per heavy atom. The summed E-state index contributed by atoms with van der Waals surface area (Å²) >= 11 is 0. The molecule has 0 aliphatic carbocycles. The number of aromatic amines is 1. The molecule has 1 aromatic heterocycles. The number of aliphatic hydroxyl groups is 1. The van der Waals surface area contributed by atoms with E-state index in [1.807, 2.05) is 57.2 Å². The van der Waals surface area contributed by atoms with Crippen LogP contribution in [-0.4, -0.2) is 39.8 Å². The van der Waals surface area contributed by atoms with E-state index in [9.17, 15) is 14.7 Å². The number of fused-ring (bicyclic) bond motifs is 1. The topological polar surface area (TPSA) is 82.6 Å². The van der Waals surface area contributed by atoms with Gasteiger partial charge in [0.15, 0.2) is 0 Å². The fraction of sp³-hybridized carbons (Fsp3) is 0.357. The second-order valence-electron chi connectivity index (χ2n) is 9.04. The van der Waals surface area contributed by atoms with Crippen LogP contribution in [-0.2, 0) is 9.59 Å². The molecule has 0 saturated carbocycles. The molecular weight excluding hydrogens is 428 g/mol. The summed E-state index contributed by atoms with van der Waals surface area (Å²) in [5, 5.41) is 12.4. The number of para-hydroxylation sites is 1. The molecule has 1 saturated heterocycles. The standard InChI is InChI=1S/C28H32N2O4/c1-6-14-30-25(23-17(5)29-21-11-9-8-10-19(21)23)24(27(32)28(30)33)26(31)18-12-13-22(34-7-2)20(15-18)16(3)4/h8-13,15-16,25,29,31H,6-7,14H2,1-5H3/b26-24+. The molecule has 0 spiro atoms. The number of aryl methyl sites for hydroxylation is 1. The van der Waals surface area contributed by atoms with Gasteiger partial charge < -0.3 is 19.7 Å². The van der Waals surface area contributed by atoms with Crippen LogP contribution in [0, 0.1) is 6.92 Å². The van der Waals surface area contributed by atoms with E-state index in [4.69, 9.17) is 4.74 Å². The first-order valence-corrected chi connectivity index (χ1v) is 11.9. The first-order valence-electron chi connectivity index (χ1n) is 11.9. The fourth-order valence-corrected chi connectivity index (χ4v) is 4.89. The molecule has 0 bridgehead atoms. The zero-order chi connectivity index (χ0) is 24.6. The van der Waals surface area contributed by atoms with Gasteiger partial charge in [0.2, 0.25) is 0 Å². The number of hydrogen-bond donors (Lipinski definition) is 2. The average molecular weight is 461 g/mol. The van der Waals surface area contributed by atoms with E-state index in [1.54, 1.807) is 11.0 Å². The Labute approximate surface area is 200 Å². The van der Waals surface area contributed by atoms with Gasteiger partial charge in [0.25, 0.3) is 11.7 Å². The third-order valence-corrected chi connectivity index (χ3v) is 6.43. The van der Waals surface area contributed by atoms with Crippen molar-refractivity contribution in [3.63, 3.8) is 0 Å². The maximum atomic E-state index is 13.3. The summed E-state index contributed by atoms with van der Waals surface area (Å²) in [4.78, 5) is 31.4. The molecule has 0 radical (unpaired) electrons. The second-order valence-corrected chi connectivity index (χ2v) is 9.04. The maximum absolute atomic E-state index is 13.3. The lowest BCUT2D eigenvalue weighted by molar-refractivity contribution is -0.139. The van der Waals surface area contributed by atoms with Crippen LogP contribution in [0.25, 0.3) is 16.7 Å². The number of ether oxygens (including phenoxy) is 1. The number of nitrogens with zero attached hydrogens (tertiary/aromatic N) is 1. The number of benzene rings is 2. The predicted molar refractivity (Wildman–Crippen MR) is 134 cm³/mol. The highest BCUT2D eigenvalue weighted by Crippen LogP contribution is 2.44. The quantitative estimate of drug-likeness (QED) is 0.264. The molecule has 2 N–H and O–H groups in total. The van der Waals surface area contributed by atoms with Crippen molar-refractivity contribution in [2.24, 2.45) is 0 Å². The Balaban J connectivity index is 1.95.